The molecule has 0 radical (unpaired) electrons. The molecule has 1 atom stereocenters. The summed E-state index contributed by atoms with van der Waals surface area (Å²) in [6, 6.07) is 0. The van der Waals surface area contributed by atoms with Gasteiger partial charge in [0, 0.05) is 25.6 Å². The Morgan fingerprint density at radius 3 is 3.00 bits per heavy atom. The van der Waals surface area contributed by atoms with Crippen LogP contribution in [0, 0.1) is 0 Å². The van der Waals surface area contributed by atoms with Crippen LogP contribution in [0.1, 0.15) is 6.42 Å². The zero-order chi connectivity index (χ0) is 8.27. The van der Waals surface area contributed by atoms with Crippen molar-refractivity contribution in [3.05, 3.63) is 12.2 Å². The van der Waals surface area contributed by atoms with E-state index in [9.17, 15) is 4.79 Å². The molecule has 1 heterocycles. The zero-order valence-electron chi connectivity index (χ0n) is 6.23. The number of amides is 1. The average Bonchev–Trinajstić information content (AvgIpc) is 2.31. The largest absolute Gasteiger partial charge is 0.379 e. The summed E-state index contributed by atoms with van der Waals surface area (Å²) in [6.45, 7) is 1.18. The van der Waals surface area contributed by atoms with Gasteiger partial charge in [0.2, 0.25) is 5.91 Å². The van der Waals surface area contributed by atoms with Crippen LogP contribution in [0.3, 0.4) is 0 Å². The highest BCUT2D eigenvalue weighted by Gasteiger charge is 2.14. The van der Waals surface area contributed by atoms with Crippen molar-refractivity contribution in [3.63, 3.8) is 0 Å². The molecule has 1 amide bonds. The molecule has 0 spiro atoms. The van der Waals surface area contributed by atoms with Crippen LogP contribution < -0.4 is 5.73 Å². The molecule has 0 aromatic heterocycles. The lowest BCUT2D eigenvalue weighted by molar-refractivity contribution is -0.124. The fraction of sp³-hybridized carbons (Fsp3) is 0.571. The Morgan fingerprint density at radius 2 is 2.55 bits per heavy atom. The van der Waals surface area contributed by atoms with Gasteiger partial charge in [-0.1, -0.05) is 6.08 Å². The third kappa shape index (κ3) is 2.32. The van der Waals surface area contributed by atoms with Gasteiger partial charge in [-0.3, -0.25) is 4.79 Å². The number of hydrogen-bond acceptors (Lipinski definition) is 3. The summed E-state index contributed by atoms with van der Waals surface area (Å²) in [7, 11) is 0. The third-order valence-corrected chi connectivity index (χ3v) is 1.59. The van der Waals surface area contributed by atoms with Crippen molar-refractivity contribution < 1.29 is 9.90 Å². The minimum atomic E-state index is -0.816. The maximum absolute atomic E-state index is 10.9. The van der Waals surface area contributed by atoms with Crippen molar-refractivity contribution in [2.75, 3.05) is 13.1 Å². The monoisotopic (exact) mass is 156 g/mol. The van der Waals surface area contributed by atoms with E-state index in [1.807, 2.05) is 0 Å². The number of aliphatic hydroxyl groups is 1. The SMILES string of the molecule is NC(O)CCN1CC=CC1=O. The summed E-state index contributed by atoms with van der Waals surface area (Å²) in [5, 5.41) is 8.72. The van der Waals surface area contributed by atoms with Gasteiger partial charge in [-0.05, 0) is 0 Å². The maximum atomic E-state index is 10.9. The number of carbonyl (C=O) groups excluding carboxylic acids is 1. The van der Waals surface area contributed by atoms with Crippen molar-refractivity contribution in [3.8, 4) is 0 Å². The lowest BCUT2D eigenvalue weighted by Gasteiger charge is -2.15. The highest BCUT2D eigenvalue weighted by molar-refractivity contribution is 5.89. The third-order valence-electron chi connectivity index (χ3n) is 1.59. The van der Waals surface area contributed by atoms with Crippen LogP contribution in [0.5, 0.6) is 0 Å². The summed E-state index contributed by atoms with van der Waals surface area (Å²) in [5.74, 6) is 0.00523. The molecular weight excluding hydrogens is 144 g/mol. The second kappa shape index (κ2) is 3.50. The summed E-state index contributed by atoms with van der Waals surface area (Å²) in [6.07, 6.45) is 2.95. The molecule has 62 valence electrons. The van der Waals surface area contributed by atoms with E-state index in [1.165, 1.54) is 6.08 Å². The van der Waals surface area contributed by atoms with Crippen LogP contribution in [-0.2, 0) is 4.79 Å². The van der Waals surface area contributed by atoms with Crippen molar-refractivity contribution in [1.29, 1.82) is 0 Å². The smallest absolute Gasteiger partial charge is 0.246 e. The first-order valence-electron chi connectivity index (χ1n) is 3.59. The Labute approximate surface area is 65.3 Å². The fourth-order valence-electron chi connectivity index (χ4n) is 0.966. The number of rotatable bonds is 3. The summed E-state index contributed by atoms with van der Waals surface area (Å²) < 4.78 is 0. The molecule has 0 aromatic rings. The molecular formula is C7H12N2O2. The number of nitrogens with two attached hydrogens (primary N) is 1. The Hall–Kier alpha value is -0.870. The molecule has 0 saturated carbocycles. The molecule has 0 fully saturated rings. The molecule has 4 heteroatoms. The predicted octanol–water partition coefficient (Wildman–Crippen LogP) is -0.948. The molecule has 4 nitrogen and oxygen atoms in total. The molecule has 1 aliphatic heterocycles. The lowest BCUT2D eigenvalue weighted by Crippen LogP contribution is -2.31. The number of carbonyl (C=O) groups is 1. The van der Waals surface area contributed by atoms with Gasteiger partial charge in [-0.25, -0.2) is 0 Å². The van der Waals surface area contributed by atoms with E-state index in [2.05, 4.69) is 0 Å². The summed E-state index contributed by atoms with van der Waals surface area (Å²) in [5.41, 5.74) is 5.11. The second-order valence-electron chi connectivity index (χ2n) is 2.54. The van der Waals surface area contributed by atoms with Gasteiger partial charge in [0.15, 0.2) is 0 Å². The first-order valence-corrected chi connectivity index (χ1v) is 3.59. The van der Waals surface area contributed by atoms with Crippen LogP contribution in [0.2, 0.25) is 0 Å². The van der Waals surface area contributed by atoms with Crippen molar-refractivity contribution in [2.45, 2.75) is 12.6 Å². The Kier molecular flexibility index (Phi) is 2.62. The van der Waals surface area contributed by atoms with Crippen LogP contribution in [0.15, 0.2) is 12.2 Å². The minimum Gasteiger partial charge on any atom is -0.379 e. The van der Waals surface area contributed by atoms with E-state index in [0.29, 0.717) is 19.5 Å². The van der Waals surface area contributed by atoms with E-state index in [4.69, 9.17) is 10.8 Å². The topological polar surface area (TPSA) is 66.6 Å². The molecule has 0 aromatic carbocycles. The molecule has 1 rings (SSSR count). The number of hydrogen-bond donors (Lipinski definition) is 2. The van der Waals surface area contributed by atoms with E-state index < -0.39 is 6.23 Å². The summed E-state index contributed by atoms with van der Waals surface area (Å²) >= 11 is 0. The maximum Gasteiger partial charge on any atom is 0.246 e. The van der Waals surface area contributed by atoms with Gasteiger partial charge in [-0.15, -0.1) is 0 Å². The van der Waals surface area contributed by atoms with Crippen LogP contribution >= 0.6 is 0 Å². The van der Waals surface area contributed by atoms with E-state index in [0.717, 1.165) is 0 Å². The van der Waals surface area contributed by atoms with Crippen molar-refractivity contribution >= 4 is 5.91 Å². The molecule has 1 aliphatic rings. The highest BCUT2D eigenvalue weighted by atomic mass is 16.3. The minimum absolute atomic E-state index is 0.00523. The molecule has 0 saturated heterocycles. The van der Waals surface area contributed by atoms with Gasteiger partial charge >= 0.3 is 0 Å². The van der Waals surface area contributed by atoms with Crippen LogP contribution in [-0.4, -0.2) is 35.2 Å². The summed E-state index contributed by atoms with van der Waals surface area (Å²) in [4.78, 5) is 12.5. The van der Waals surface area contributed by atoms with Gasteiger partial charge in [-0.2, -0.15) is 0 Å². The lowest BCUT2D eigenvalue weighted by atomic mass is 10.3. The fourth-order valence-corrected chi connectivity index (χ4v) is 0.966. The van der Waals surface area contributed by atoms with E-state index >= 15 is 0 Å². The van der Waals surface area contributed by atoms with E-state index in [-0.39, 0.29) is 5.91 Å². The van der Waals surface area contributed by atoms with Gasteiger partial charge < -0.3 is 15.7 Å². The molecule has 0 bridgehead atoms. The van der Waals surface area contributed by atoms with Crippen molar-refractivity contribution in [1.82, 2.24) is 4.90 Å². The molecule has 11 heavy (non-hydrogen) atoms. The van der Waals surface area contributed by atoms with Crippen LogP contribution in [0.25, 0.3) is 0 Å². The number of nitrogens with zero attached hydrogens (tertiary/aromatic N) is 1. The molecule has 3 N–H and O–H groups in total. The second-order valence-corrected chi connectivity index (χ2v) is 2.54. The normalized spacial score (nSPS) is 19.5. The Balaban J connectivity index is 2.23. The molecule has 1 unspecified atom stereocenters. The van der Waals surface area contributed by atoms with Crippen LogP contribution in [0.4, 0.5) is 0 Å². The van der Waals surface area contributed by atoms with Gasteiger partial charge in [0.25, 0.3) is 0 Å². The standard InChI is InChI=1S/C7H12N2O2/c8-6(10)3-5-9-4-1-2-7(9)11/h1-2,6,10H,3-5,8H2. The Morgan fingerprint density at radius 1 is 1.82 bits per heavy atom. The first kappa shape index (κ1) is 8.23. The first-order chi connectivity index (χ1) is 5.20. The quantitative estimate of drug-likeness (QED) is 0.518. The molecule has 0 aliphatic carbocycles. The predicted molar refractivity (Wildman–Crippen MR) is 40.5 cm³/mol. The van der Waals surface area contributed by atoms with E-state index in [1.54, 1.807) is 11.0 Å². The van der Waals surface area contributed by atoms with Gasteiger partial charge in [0.05, 0.1) is 0 Å². The van der Waals surface area contributed by atoms with Gasteiger partial charge in [0.1, 0.15) is 6.23 Å². The number of aliphatic hydroxyl groups excluding tert-OH is 1. The highest BCUT2D eigenvalue weighted by Crippen LogP contribution is 2.01. The Bertz CT molecular complexity index is 177. The zero-order valence-corrected chi connectivity index (χ0v) is 6.23. The average molecular weight is 156 g/mol. The van der Waals surface area contributed by atoms with Crippen molar-refractivity contribution in [2.24, 2.45) is 5.73 Å².